The lowest BCUT2D eigenvalue weighted by molar-refractivity contribution is -0.124. The number of carbonyl (C=O) groups is 1. The third kappa shape index (κ3) is 3.32. The van der Waals surface area contributed by atoms with Crippen LogP contribution in [0.5, 0.6) is 0 Å². The van der Waals surface area contributed by atoms with Gasteiger partial charge in [0.05, 0.1) is 0 Å². The number of aromatic nitrogens is 1. The number of para-hydroxylation sites is 1. The molecule has 1 amide bonds. The Morgan fingerprint density at radius 2 is 2.09 bits per heavy atom. The highest BCUT2D eigenvalue weighted by atomic mass is 32.1. The van der Waals surface area contributed by atoms with Gasteiger partial charge in [0.15, 0.2) is 0 Å². The number of hydrogen-bond donors (Lipinski definition) is 2. The number of rotatable bonds is 6. The normalized spacial score (nSPS) is 13.8. The van der Waals surface area contributed by atoms with Crippen LogP contribution in [-0.2, 0) is 4.79 Å². The minimum atomic E-state index is 0.0574. The molecule has 120 valence electrons. The van der Waals surface area contributed by atoms with E-state index in [1.165, 1.54) is 15.8 Å². The first-order valence-corrected chi connectivity index (χ1v) is 8.95. The fourth-order valence-electron chi connectivity index (χ4n) is 2.80. The Kier molecular flexibility index (Phi) is 4.82. The lowest BCUT2D eigenvalue weighted by Crippen LogP contribution is -2.32. The Morgan fingerprint density at radius 3 is 2.83 bits per heavy atom. The fourth-order valence-corrected chi connectivity index (χ4v) is 3.64. The van der Waals surface area contributed by atoms with Crippen LogP contribution in [-0.4, -0.2) is 17.4 Å². The van der Waals surface area contributed by atoms with Crippen LogP contribution in [0.4, 0.5) is 0 Å². The van der Waals surface area contributed by atoms with Gasteiger partial charge in [-0.2, -0.15) is 0 Å². The van der Waals surface area contributed by atoms with Crippen molar-refractivity contribution in [2.75, 3.05) is 6.54 Å². The molecule has 0 saturated heterocycles. The van der Waals surface area contributed by atoms with Crippen LogP contribution in [0.3, 0.4) is 0 Å². The van der Waals surface area contributed by atoms with Crippen molar-refractivity contribution in [1.29, 1.82) is 0 Å². The van der Waals surface area contributed by atoms with Gasteiger partial charge in [-0.15, -0.1) is 11.3 Å². The van der Waals surface area contributed by atoms with Crippen molar-refractivity contribution < 1.29 is 4.79 Å². The molecule has 0 unspecified atom stereocenters. The second-order valence-corrected chi connectivity index (χ2v) is 6.89. The summed E-state index contributed by atoms with van der Waals surface area (Å²) < 4.78 is 0. The molecule has 0 aliphatic heterocycles. The molecule has 2 atom stereocenters. The molecule has 3 nitrogen and oxygen atoms in total. The van der Waals surface area contributed by atoms with E-state index in [1.807, 2.05) is 19.9 Å². The van der Waals surface area contributed by atoms with Crippen LogP contribution in [0.25, 0.3) is 10.9 Å². The van der Waals surface area contributed by atoms with E-state index in [-0.39, 0.29) is 17.7 Å². The first-order chi connectivity index (χ1) is 11.2. The molecule has 2 N–H and O–H groups in total. The van der Waals surface area contributed by atoms with E-state index in [9.17, 15) is 4.79 Å². The van der Waals surface area contributed by atoms with Crippen molar-refractivity contribution in [3.63, 3.8) is 0 Å². The summed E-state index contributed by atoms with van der Waals surface area (Å²) in [6, 6.07) is 12.5. The molecular formula is C19H22N2OS. The largest absolute Gasteiger partial charge is 0.361 e. The van der Waals surface area contributed by atoms with Crippen LogP contribution in [0.15, 0.2) is 48.0 Å². The average Bonchev–Trinajstić information content (AvgIpc) is 3.24. The molecule has 3 aromatic rings. The number of carbonyl (C=O) groups excluding carboxylic acids is 1. The first-order valence-electron chi connectivity index (χ1n) is 8.07. The third-order valence-electron chi connectivity index (χ3n) is 4.42. The van der Waals surface area contributed by atoms with Gasteiger partial charge in [-0.3, -0.25) is 4.79 Å². The summed E-state index contributed by atoms with van der Waals surface area (Å²) in [6.07, 6.45) is 2.94. The Morgan fingerprint density at radius 1 is 1.26 bits per heavy atom. The van der Waals surface area contributed by atoms with Gasteiger partial charge in [0.25, 0.3) is 0 Å². The van der Waals surface area contributed by atoms with Crippen LogP contribution in [0.2, 0.25) is 0 Å². The second kappa shape index (κ2) is 7.01. The van der Waals surface area contributed by atoms with Crippen LogP contribution >= 0.6 is 11.3 Å². The molecule has 0 aliphatic rings. The Bertz CT molecular complexity index is 776. The summed E-state index contributed by atoms with van der Waals surface area (Å²) in [5.41, 5.74) is 2.38. The van der Waals surface area contributed by atoms with Gasteiger partial charge in [-0.25, -0.2) is 0 Å². The van der Waals surface area contributed by atoms with E-state index in [4.69, 9.17) is 0 Å². The second-order valence-electron chi connectivity index (χ2n) is 5.91. The maximum Gasteiger partial charge on any atom is 0.222 e. The van der Waals surface area contributed by atoms with Crippen molar-refractivity contribution in [2.45, 2.75) is 26.2 Å². The molecule has 2 heterocycles. The number of nitrogens with one attached hydrogen (secondary N) is 2. The zero-order valence-corrected chi connectivity index (χ0v) is 14.3. The van der Waals surface area contributed by atoms with Crippen molar-refractivity contribution in [3.05, 3.63) is 58.4 Å². The highest BCUT2D eigenvalue weighted by Crippen LogP contribution is 2.32. The number of aromatic amines is 1. The van der Waals surface area contributed by atoms with E-state index >= 15 is 0 Å². The minimum Gasteiger partial charge on any atom is -0.361 e. The molecule has 0 radical (unpaired) electrons. The lowest BCUT2D eigenvalue weighted by atomic mass is 9.96. The first kappa shape index (κ1) is 15.8. The summed E-state index contributed by atoms with van der Waals surface area (Å²) in [6.45, 7) is 4.65. The highest BCUT2D eigenvalue weighted by molar-refractivity contribution is 7.10. The van der Waals surface area contributed by atoms with Gasteiger partial charge in [0.1, 0.15) is 0 Å². The van der Waals surface area contributed by atoms with Crippen molar-refractivity contribution in [2.24, 2.45) is 5.92 Å². The molecule has 1 aromatic carbocycles. The molecule has 0 aliphatic carbocycles. The predicted molar refractivity (Wildman–Crippen MR) is 96.9 cm³/mol. The number of thiophene rings is 1. The smallest absolute Gasteiger partial charge is 0.222 e. The molecule has 0 bridgehead atoms. The third-order valence-corrected chi connectivity index (χ3v) is 5.41. The fraction of sp³-hybridized carbons (Fsp3) is 0.316. The highest BCUT2D eigenvalue weighted by Gasteiger charge is 2.20. The molecule has 4 heteroatoms. The predicted octanol–water partition coefficient (Wildman–Crippen LogP) is 4.52. The Balaban J connectivity index is 1.89. The van der Waals surface area contributed by atoms with E-state index in [0.717, 1.165) is 11.9 Å². The van der Waals surface area contributed by atoms with Gasteiger partial charge in [0, 0.05) is 40.4 Å². The van der Waals surface area contributed by atoms with Crippen LogP contribution in [0.1, 0.15) is 36.6 Å². The van der Waals surface area contributed by atoms with Crippen molar-refractivity contribution in [1.82, 2.24) is 10.3 Å². The van der Waals surface area contributed by atoms with Gasteiger partial charge in [-0.1, -0.05) is 38.1 Å². The molecule has 0 saturated carbocycles. The van der Waals surface area contributed by atoms with E-state index in [1.54, 1.807) is 11.3 Å². The molecule has 23 heavy (non-hydrogen) atoms. The van der Waals surface area contributed by atoms with Gasteiger partial charge in [0.2, 0.25) is 5.91 Å². The summed E-state index contributed by atoms with van der Waals surface area (Å²) in [4.78, 5) is 16.8. The SMILES string of the molecule is CC[C@H](C)C(=O)NC[C@H](c1cccs1)c1c[nH]c2ccccc12. The quantitative estimate of drug-likeness (QED) is 0.687. The summed E-state index contributed by atoms with van der Waals surface area (Å²) in [5.74, 6) is 0.370. The number of fused-ring (bicyclic) bond motifs is 1. The number of H-pyrrole nitrogens is 1. The van der Waals surface area contributed by atoms with Gasteiger partial charge >= 0.3 is 0 Å². The van der Waals surface area contributed by atoms with Crippen LogP contribution in [0, 0.1) is 5.92 Å². The van der Waals surface area contributed by atoms with Crippen LogP contribution < -0.4 is 5.32 Å². The van der Waals surface area contributed by atoms with Crippen molar-refractivity contribution in [3.8, 4) is 0 Å². The monoisotopic (exact) mass is 326 g/mol. The molecule has 2 aromatic heterocycles. The van der Waals surface area contributed by atoms with Crippen molar-refractivity contribution >= 4 is 28.1 Å². The standard InChI is InChI=1S/C19H22N2OS/c1-3-13(2)19(22)21-12-16(18-9-6-10-23-18)15-11-20-17-8-5-4-7-14(15)17/h4-11,13,16,20H,3,12H2,1-2H3,(H,21,22)/t13-,16-/m0/s1. The maximum atomic E-state index is 12.2. The topological polar surface area (TPSA) is 44.9 Å². The molecule has 0 fully saturated rings. The Labute approximate surface area is 140 Å². The lowest BCUT2D eigenvalue weighted by Gasteiger charge is -2.18. The molecule has 3 rings (SSSR count). The van der Waals surface area contributed by atoms with Gasteiger partial charge in [-0.05, 0) is 29.5 Å². The molecular weight excluding hydrogens is 304 g/mol. The molecule has 0 spiro atoms. The zero-order valence-electron chi connectivity index (χ0n) is 13.5. The van der Waals surface area contributed by atoms with E-state index in [2.05, 4.69) is 52.2 Å². The number of hydrogen-bond acceptors (Lipinski definition) is 2. The average molecular weight is 326 g/mol. The zero-order chi connectivity index (χ0) is 16.2. The summed E-state index contributed by atoms with van der Waals surface area (Å²) in [5, 5.41) is 6.45. The maximum absolute atomic E-state index is 12.2. The van der Waals surface area contributed by atoms with E-state index < -0.39 is 0 Å². The Hall–Kier alpha value is -2.07. The van der Waals surface area contributed by atoms with Gasteiger partial charge < -0.3 is 10.3 Å². The number of amides is 1. The number of benzene rings is 1. The minimum absolute atomic E-state index is 0.0574. The summed E-state index contributed by atoms with van der Waals surface area (Å²) >= 11 is 1.74. The van der Waals surface area contributed by atoms with E-state index in [0.29, 0.717) is 6.54 Å². The summed E-state index contributed by atoms with van der Waals surface area (Å²) in [7, 11) is 0.